The summed E-state index contributed by atoms with van der Waals surface area (Å²) in [6, 6.07) is 11.8. The maximum Gasteiger partial charge on any atom is 0.248 e. The summed E-state index contributed by atoms with van der Waals surface area (Å²) in [6.07, 6.45) is 2.78. The molecule has 0 saturated heterocycles. The van der Waals surface area contributed by atoms with Crippen molar-refractivity contribution in [2.75, 3.05) is 24.8 Å². The van der Waals surface area contributed by atoms with Gasteiger partial charge in [-0.15, -0.1) is 0 Å². The molecule has 7 nitrogen and oxygen atoms in total. The number of hydrogen-bond donors (Lipinski definition) is 4. The first-order valence-corrected chi connectivity index (χ1v) is 9.44. The Hall–Kier alpha value is -3.03. The number of allylic oxidation sites excluding steroid dienone is 1. The molecule has 0 aliphatic carbocycles. The number of aliphatic hydroxyl groups is 1. The lowest BCUT2D eigenvalue weighted by molar-refractivity contribution is -0.111. The molecule has 0 aliphatic heterocycles. The first kappa shape index (κ1) is 22.3. The van der Waals surface area contributed by atoms with Crippen molar-refractivity contribution in [3.05, 3.63) is 60.2 Å². The van der Waals surface area contributed by atoms with E-state index in [2.05, 4.69) is 5.32 Å². The number of carbonyl (C=O) groups excluding carboxylic acids is 1. The summed E-state index contributed by atoms with van der Waals surface area (Å²) in [7, 11) is 1.46. The van der Waals surface area contributed by atoms with Crippen LogP contribution in [0.4, 0.5) is 11.4 Å². The Labute approximate surface area is 170 Å². The van der Waals surface area contributed by atoms with E-state index in [1.54, 1.807) is 42.5 Å². The van der Waals surface area contributed by atoms with Crippen molar-refractivity contribution in [1.29, 1.82) is 0 Å². The van der Waals surface area contributed by atoms with Gasteiger partial charge < -0.3 is 30.7 Å². The second-order valence-corrected chi connectivity index (χ2v) is 6.43. The Morgan fingerprint density at radius 2 is 2.03 bits per heavy atom. The molecular formula is C22H28N2O5. The molecule has 2 rings (SSSR count). The molecule has 0 heterocycles. The lowest BCUT2D eigenvalue weighted by Crippen LogP contribution is -2.22. The third-order valence-corrected chi connectivity index (χ3v) is 4.38. The molecule has 2 aromatic carbocycles. The van der Waals surface area contributed by atoms with Crippen molar-refractivity contribution >= 4 is 17.3 Å². The summed E-state index contributed by atoms with van der Waals surface area (Å²) >= 11 is 0. The molecule has 29 heavy (non-hydrogen) atoms. The largest absolute Gasteiger partial charge is 0.504 e. The number of para-hydroxylation sites is 2. The molecule has 0 unspecified atom stereocenters. The number of methoxy groups -OCH3 is 1. The second-order valence-electron chi connectivity index (χ2n) is 6.43. The molecule has 156 valence electrons. The molecule has 0 aromatic heterocycles. The summed E-state index contributed by atoms with van der Waals surface area (Å²) in [5, 5.41) is 23.3. The van der Waals surface area contributed by atoms with E-state index in [9.17, 15) is 15.0 Å². The van der Waals surface area contributed by atoms with Crippen LogP contribution < -0.4 is 15.8 Å². The third-order valence-electron chi connectivity index (χ3n) is 4.38. The van der Waals surface area contributed by atoms with E-state index in [4.69, 9.17) is 15.2 Å². The van der Waals surface area contributed by atoms with Gasteiger partial charge in [-0.25, -0.2) is 0 Å². The fourth-order valence-corrected chi connectivity index (χ4v) is 2.89. The molecule has 0 aliphatic rings. The van der Waals surface area contributed by atoms with Gasteiger partial charge in [-0.2, -0.15) is 0 Å². The quantitative estimate of drug-likeness (QED) is 0.359. The van der Waals surface area contributed by atoms with Crippen molar-refractivity contribution in [1.82, 2.24) is 0 Å². The Bertz CT molecular complexity index is 838. The van der Waals surface area contributed by atoms with Crippen molar-refractivity contribution in [3.8, 4) is 11.5 Å². The van der Waals surface area contributed by atoms with Gasteiger partial charge in [0, 0.05) is 6.61 Å². The smallest absolute Gasteiger partial charge is 0.248 e. The number of phenolic OH excluding ortho intramolecular Hbond substituents is 1. The van der Waals surface area contributed by atoms with Crippen LogP contribution in [0.2, 0.25) is 0 Å². The fourth-order valence-electron chi connectivity index (χ4n) is 2.89. The molecule has 0 saturated carbocycles. The van der Waals surface area contributed by atoms with Gasteiger partial charge in [0.15, 0.2) is 11.5 Å². The van der Waals surface area contributed by atoms with E-state index in [1.807, 2.05) is 6.92 Å². The Morgan fingerprint density at radius 1 is 1.28 bits per heavy atom. The molecule has 2 atom stereocenters. The molecular weight excluding hydrogens is 372 g/mol. The van der Waals surface area contributed by atoms with Crippen LogP contribution >= 0.6 is 0 Å². The van der Waals surface area contributed by atoms with Crippen molar-refractivity contribution in [2.24, 2.45) is 0 Å². The molecule has 0 spiro atoms. The topological polar surface area (TPSA) is 114 Å². The Kier molecular flexibility index (Phi) is 8.51. The highest BCUT2D eigenvalue weighted by molar-refractivity contribution is 6.01. The van der Waals surface area contributed by atoms with Gasteiger partial charge in [-0.1, -0.05) is 24.3 Å². The van der Waals surface area contributed by atoms with Gasteiger partial charge >= 0.3 is 0 Å². The number of phenols is 1. The summed E-state index contributed by atoms with van der Waals surface area (Å²) in [5.74, 6) is 0.00874. The molecule has 5 N–H and O–H groups in total. The van der Waals surface area contributed by atoms with Crippen LogP contribution in [0.3, 0.4) is 0 Å². The molecule has 2 aromatic rings. The molecule has 7 heteroatoms. The number of benzene rings is 2. The number of anilines is 2. The summed E-state index contributed by atoms with van der Waals surface area (Å²) in [5.41, 5.74) is 7.39. The zero-order valence-corrected chi connectivity index (χ0v) is 16.7. The highest BCUT2D eigenvalue weighted by atomic mass is 16.5. The predicted octanol–water partition coefficient (Wildman–Crippen LogP) is 3.40. The lowest BCUT2D eigenvalue weighted by Gasteiger charge is -2.23. The highest BCUT2D eigenvalue weighted by Gasteiger charge is 2.22. The standard InChI is InChI=1S/C22H28N2O5/c1-3-29-20(22(27)15-12-13-19(28-2)18(25)14-15)10-6-7-11-21(26)24-17-9-5-4-8-16(17)23/h4-5,7-9,11-14,20,22,25,27H,3,6,10,23H2,1-2H3,(H,24,26)/b11-7+/t20-,22-/m0/s1. The average molecular weight is 400 g/mol. The van der Waals surface area contributed by atoms with Gasteiger partial charge in [-0.3, -0.25) is 4.79 Å². The lowest BCUT2D eigenvalue weighted by atomic mass is 10.00. The molecule has 0 fully saturated rings. The van der Waals surface area contributed by atoms with E-state index in [0.717, 1.165) is 0 Å². The zero-order valence-electron chi connectivity index (χ0n) is 16.7. The number of nitrogens with two attached hydrogens (primary N) is 1. The Balaban J connectivity index is 1.93. The predicted molar refractivity (Wildman–Crippen MR) is 113 cm³/mol. The average Bonchev–Trinajstić information content (AvgIpc) is 2.71. The normalized spacial score (nSPS) is 13.2. The van der Waals surface area contributed by atoms with Crippen LogP contribution in [0.15, 0.2) is 54.6 Å². The first-order chi connectivity index (χ1) is 14.0. The summed E-state index contributed by atoms with van der Waals surface area (Å²) < 4.78 is 10.7. The van der Waals surface area contributed by atoms with Gasteiger partial charge in [0.25, 0.3) is 0 Å². The molecule has 0 radical (unpaired) electrons. The van der Waals surface area contributed by atoms with E-state index < -0.39 is 12.2 Å². The van der Waals surface area contributed by atoms with Crippen LogP contribution in [0.1, 0.15) is 31.4 Å². The van der Waals surface area contributed by atoms with Gasteiger partial charge in [0.2, 0.25) is 5.91 Å². The number of nitrogens with one attached hydrogen (secondary N) is 1. The number of rotatable bonds is 10. The number of carbonyl (C=O) groups is 1. The van der Waals surface area contributed by atoms with Crippen LogP contribution in [0.5, 0.6) is 11.5 Å². The van der Waals surface area contributed by atoms with Gasteiger partial charge in [0.1, 0.15) is 6.10 Å². The third kappa shape index (κ3) is 6.51. The Morgan fingerprint density at radius 3 is 2.69 bits per heavy atom. The summed E-state index contributed by atoms with van der Waals surface area (Å²) in [6.45, 7) is 2.28. The number of aliphatic hydroxyl groups excluding tert-OH is 1. The molecule has 1 amide bonds. The number of ether oxygens (including phenoxy) is 2. The SMILES string of the molecule is CCO[C@@H](CC/C=C/C(=O)Nc1ccccc1N)[C@@H](O)c1ccc(OC)c(O)c1. The van der Waals surface area contributed by atoms with Crippen LogP contribution in [-0.4, -0.2) is 35.9 Å². The minimum absolute atomic E-state index is 0.0453. The summed E-state index contributed by atoms with van der Waals surface area (Å²) in [4.78, 5) is 12.0. The molecule has 0 bridgehead atoms. The zero-order chi connectivity index (χ0) is 21.2. The van der Waals surface area contributed by atoms with Gasteiger partial charge in [-0.05, 0) is 55.7 Å². The maximum atomic E-state index is 12.0. The fraction of sp³-hybridized carbons (Fsp3) is 0.318. The maximum absolute atomic E-state index is 12.0. The number of aromatic hydroxyl groups is 1. The van der Waals surface area contributed by atoms with Crippen LogP contribution in [0.25, 0.3) is 0 Å². The number of nitrogen functional groups attached to an aromatic ring is 1. The minimum atomic E-state index is -0.918. The first-order valence-electron chi connectivity index (χ1n) is 9.44. The van der Waals surface area contributed by atoms with E-state index in [0.29, 0.717) is 42.1 Å². The van der Waals surface area contributed by atoms with E-state index >= 15 is 0 Å². The van der Waals surface area contributed by atoms with Crippen LogP contribution in [0, 0.1) is 0 Å². The van der Waals surface area contributed by atoms with Gasteiger partial charge in [0.05, 0.1) is 24.6 Å². The monoisotopic (exact) mass is 400 g/mol. The second kappa shape index (κ2) is 11.1. The van der Waals surface area contributed by atoms with E-state index in [-0.39, 0.29) is 11.7 Å². The van der Waals surface area contributed by atoms with E-state index in [1.165, 1.54) is 19.3 Å². The van der Waals surface area contributed by atoms with Crippen molar-refractivity contribution in [2.45, 2.75) is 32.0 Å². The van der Waals surface area contributed by atoms with Crippen molar-refractivity contribution < 1.29 is 24.5 Å². The van der Waals surface area contributed by atoms with Crippen molar-refractivity contribution in [3.63, 3.8) is 0 Å². The number of hydrogen-bond acceptors (Lipinski definition) is 6. The minimum Gasteiger partial charge on any atom is -0.504 e. The van der Waals surface area contributed by atoms with Crippen LogP contribution in [-0.2, 0) is 9.53 Å². The number of amides is 1. The highest BCUT2D eigenvalue weighted by Crippen LogP contribution is 2.31.